The summed E-state index contributed by atoms with van der Waals surface area (Å²) < 4.78 is 9.08. The van der Waals surface area contributed by atoms with Gasteiger partial charge in [-0.05, 0) is 126 Å². The Bertz CT molecular complexity index is 3370. The number of nitrogens with one attached hydrogen (secondary N) is 1. The van der Waals surface area contributed by atoms with Gasteiger partial charge in [0.2, 0.25) is 11.8 Å². The van der Waals surface area contributed by atoms with E-state index in [1.54, 1.807) is 129 Å². The highest BCUT2D eigenvalue weighted by atomic mass is 127. The molecule has 0 aliphatic heterocycles. The van der Waals surface area contributed by atoms with E-state index in [1.165, 1.54) is 28.5 Å². The van der Waals surface area contributed by atoms with Crippen LogP contribution in [0.3, 0.4) is 0 Å². The molecule has 3 amide bonds. The van der Waals surface area contributed by atoms with Crippen molar-refractivity contribution in [2.45, 2.75) is 26.4 Å². The number of benzene rings is 2. The third-order valence-corrected chi connectivity index (χ3v) is 11.9. The molecule has 8 rings (SSSR count). The van der Waals surface area contributed by atoms with Gasteiger partial charge in [0, 0.05) is 54.9 Å². The van der Waals surface area contributed by atoms with Crippen LogP contribution >= 0.6 is 45.8 Å². The Morgan fingerprint density at radius 3 is 1.64 bits per heavy atom. The van der Waals surface area contributed by atoms with Crippen molar-refractivity contribution >= 4 is 121 Å². The molecule has 5 N–H and O–H groups in total. The molecule has 26 heteroatoms. The number of pyridine rings is 2. The smallest absolute Gasteiger partial charge is 0.444 e. The Labute approximate surface area is 468 Å². The fraction of sp³-hybridized carbons (Fsp3) is 0.235. The lowest BCUT2D eigenvalue weighted by Crippen LogP contribution is -2.29. The zero-order valence-corrected chi connectivity index (χ0v) is 47.2. The molecule has 0 bridgehead atoms. The van der Waals surface area contributed by atoms with Gasteiger partial charge in [-0.25, -0.2) is 34.7 Å². The van der Waals surface area contributed by atoms with Crippen molar-refractivity contribution in [3.05, 3.63) is 136 Å². The highest BCUT2D eigenvalue weighted by Crippen LogP contribution is 2.32. The van der Waals surface area contributed by atoms with E-state index in [0.29, 0.717) is 94.7 Å². The summed E-state index contributed by atoms with van der Waals surface area (Å²) in [6.07, 6.45) is 12.0. The van der Waals surface area contributed by atoms with Gasteiger partial charge in [-0.1, -0.05) is 59.6 Å². The van der Waals surface area contributed by atoms with Crippen molar-refractivity contribution < 1.29 is 29.2 Å². The molecular weight excluding hydrogens is 1140 g/mol. The summed E-state index contributed by atoms with van der Waals surface area (Å²) in [5.74, 6) is 1.36. The Balaban J connectivity index is 0.000000211. The van der Waals surface area contributed by atoms with Crippen LogP contribution in [0.15, 0.2) is 122 Å². The second kappa shape index (κ2) is 26.5. The number of nitrogens with two attached hydrogens (primary N) is 1. The van der Waals surface area contributed by atoms with Crippen LogP contribution in [0, 0.1) is 3.70 Å². The number of carbonyl (C=O) groups excluding carboxylic acids is 3. The third kappa shape index (κ3) is 16.0. The quantitative estimate of drug-likeness (QED) is 0.0548. The molecule has 2 aromatic carbocycles. The number of hydrogen-bond donors (Lipinski definition) is 4. The normalized spacial score (nSPS) is 11.4. The van der Waals surface area contributed by atoms with E-state index < -0.39 is 18.8 Å². The van der Waals surface area contributed by atoms with Gasteiger partial charge in [0.15, 0.2) is 28.7 Å². The largest absolute Gasteiger partial charge is 0.488 e. The van der Waals surface area contributed by atoms with Gasteiger partial charge in [0.1, 0.15) is 33.5 Å². The SMILES string of the molecule is CN(C)C/C=C/C(=O)N(C)c1ccc(-n2nc(-c3ccc(Cl)cc3)c3c(N)ncnc32)nc1.CN(C)C/C=C/C(=O)N(C)c1ccc(-n2nc(I)c3c(NC(=O)OC(C)(C)C)ncnc32)nc1.OB(O)c1ccc(Cl)cc1. The number of nitrogens with zero attached hydrogens (tertiary/aromatic N) is 14. The molecule has 0 spiro atoms. The van der Waals surface area contributed by atoms with Crippen molar-refractivity contribution in [1.29, 1.82) is 0 Å². The molecule has 0 aliphatic carbocycles. The van der Waals surface area contributed by atoms with Crippen LogP contribution in [-0.4, -0.2) is 155 Å². The molecule has 0 aliphatic rings. The van der Waals surface area contributed by atoms with E-state index in [1.807, 2.05) is 56.2 Å². The van der Waals surface area contributed by atoms with E-state index in [4.69, 9.17) is 48.8 Å². The minimum Gasteiger partial charge on any atom is -0.444 e. The van der Waals surface area contributed by atoms with Gasteiger partial charge >= 0.3 is 13.2 Å². The maximum absolute atomic E-state index is 12.4. The monoisotopic (exact) mass is 1200 g/mol. The van der Waals surface area contributed by atoms with Crippen LogP contribution in [0.4, 0.5) is 27.8 Å². The maximum Gasteiger partial charge on any atom is 0.488 e. The third-order valence-electron chi connectivity index (χ3n) is 10.6. The van der Waals surface area contributed by atoms with Crippen molar-refractivity contribution in [3.63, 3.8) is 0 Å². The number of anilines is 4. The van der Waals surface area contributed by atoms with Gasteiger partial charge in [-0.3, -0.25) is 14.9 Å². The summed E-state index contributed by atoms with van der Waals surface area (Å²) in [5, 5.41) is 31.6. The zero-order chi connectivity index (χ0) is 56.1. The second-order valence-electron chi connectivity index (χ2n) is 18.3. The number of aromatic nitrogens is 10. The van der Waals surface area contributed by atoms with Crippen molar-refractivity contribution in [1.82, 2.24) is 59.3 Å². The average molecular weight is 1200 g/mol. The first-order chi connectivity index (χ1) is 36.5. The number of nitrogen functional groups attached to an aromatic ring is 1. The number of amides is 3. The highest BCUT2D eigenvalue weighted by molar-refractivity contribution is 14.1. The minimum atomic E-state index is -1.41. The molecule has 0 saturated heterocycles. The van der Waals surface area contributed by atoms with Gasteiger partial charge in [0.25, 0.3) is 0 Å². The van der Waals surface area contributed by atoms with Crippen molar-refractivity contribution in [2.24, 2.45) is 0 Å². The molecule has 77 heavy (non-hydrogen) atoms. The van der Waals surface area contributed by atoms with Crippen LogP contribution in [0.5, 0.6) is 0 Å². The molecule has 0 fully saturated rings. The van der Waals surface area contributed by atoms with Gasteiger partial charge < -0.3 is 40.1 Å². The van der Waals surface area contributed by atoms with Crippen molar-refractivity contribution in [2.75, 3.05) is 76.2 Å². The molecule has 0 unspecified atom stereocenters. The van der Waals surface area contributed by atoms with Crippen LogP contribution < -0.4 is 26.3 Å². The molecule has 0 radical (unpaired) electrons. The van der Waals surface area contributed by atoms with Crippen molar-refractivity contribution in [3.8, 4) is 22.9 Å². The first-order valence-corrected chi connectivity index (χ1v) is 25.2. The zero-order valence-electron chi connectivity index (χ0n) is 43.5. The predicted molar refractivity (Wildman–Crippen MR) is 310 cm³/mol. The highest BCUT2D eigenvalue weighted by Gasteiger charge is 2.23. The summed E-state index contributed by atoms with van der Waals surface area (Å²) in [6, 6.07) is 20.7. The second-order valence-corrected chi connectivity index (χ2v) is 20.2. The molecule has 0 saturated carbocycles. The lowest BCUT2D eigenvalue weighted by Gasteiger charge is -2.19. The number of hydrogen-bond acceptors (Lipinski definition) is 17. The first-order valence-electron chi connectivity index (χ1n) is 23.4. The number of carbonyl (C=O) groups is 3. The Hall–Kier alpha value is -7.46. The minimum absolute atomic E-state index is 0.138. The lowest BCUT2D eigenvalue weighted by atomic mass is 9.81. The predicted octanol–water partition coefficient (Wildman–Crippen LogP) is 6.46. The maximum atomic E-state index is 12.4. The average Bonchev–Trinajstić information content (AvgIpc) is 3.95. The Morgan fingerprint density at radius 1 is 0.688 bits per heavy atom. The molecule has 22 nitrogen and oxygen atoms in total. The summed E-state index contributed by atoms with van der Waals surface area (Å²) in [7, 11) is 9.74. The standard InChI is InChI=1S/C23H23ClN8O.C22H27IN8O3.C6H6BClO2/c1-30(2)12-4-5-19(33)31(3)17-10-11-18(26-13-17)32-23-20(22(25)27-14-28-23)21(29-32)15-6-8-16(24)9-7-15;1-22(2,3)34-21(33)27-19-17-18(23)28-31(20(17)26-13-25-19)15-10-9-14(12-24-15)30(6)16(32)8-7-11-29(4)5;8-6-3-1-5(2-4-6)7(9)10/h4-11,13-14H,12H2,1-3H3,(H2,25,27,28);7-10,12-13H,11H2,1-6H3,(H,25,26,27,33);1-4,9-10H/b5-4+;8-7+;. The van der Waals surface area contributed by atoms with Gasteiger partial charge in [0.05, 0.1) is 34.5 Å². The Morgan fingerprint density at radius 2 is 1.17 bits per heavy atom. The molecular formula is C51H56BCl2IN16O6. The van der Waals surface area contributed by atoms with Crippen LogP contribution in [0.25, 0.3) is 45.0 Å². The summed E-state index contributed by atoms with van der Waals surface area (Å²) in [5.41, 5.74) is 9.73. The molecule has 400 valence electrons. The van der Waals surface area contributed by atoms with E-state index in [9.17, 15) is 14.4 Å². The van der Waals surface area contributed by atoms with Crippen LogP contribution in [0.1, 0.15) is 20.8 Å². The fourth-order valence-electron chi connectivity index (χ4n) is 6.76. The lowest BCUT2D eigenvalue weighted by molar-refractivity contribution is -0.114. The fourth-order valence-corrected chi connectivity index (χ4v) is 7.72. The number of halogens is 3. The van der Waals surface area contributed by atoms with Crippen LogP contribution in [-0.2, 0) is 14.3 Å². The number of ether oxygens (including phenoxy) is 1. The molecule has 6 aromatic heterocycles. The number of likely N-dealkylation sites (N-methyl/N-ethyl adjacent to an activating group) is 4. The van der Waals surface area contributed by atoms with Crippen LogP contribution in [0.2, 0.25) is 10.0 Å². The van der Waals surface area contributed by atoms with E-state index in [-0.39, 0.29) is 11.8 Å². The molecule has 8 aromatic rings. The molecule has 0 atom stereocenters. The number of fused-ring (bicyclic) bond motifs is 2. The van der Waals surface area contributed by atoms with E-state index in [2.05, 4.69) is 62.9 Å². The van der Waals surface area contributed by atoms with Gasteiger partial charge in [-0.2, -0.15) is 19.6 Å². The molecule has 6 heterocycles. The van der Waals surface area contributed by atoms with E-state index >= 15 is 0 Å². The topological polar surface area (TPSA) is 265 Å². The Kier molecular flexibility index (Phi) is 20.3. The van der Waals surface area contributed by atoms with Gasteiger partial charge in [-0.15, -0.1) is 0 Å². The number of rotatable bonds is 13. The first kappa shape index (κ1) is 58.8. The summed E-state index contributed by atoms with van der Waals surface area (Å²) in [4.78, 5) is 70.0. The summed E-state index contributed by atoms with van der Waals surface area (Å²) >= 11 is 13.6. The summed E-state index contributed by atoms with van der Waals surface area (Å²) in [6.45, 7) is 6.71. The van der Waals surface area contributed by atoms with E-state index in [0.717, 1.165) is 5.56 Å².